The number of thioether (sulfide) groups is 1. The molecule has 0 saturated heterocycles. The third kappa shape index (κ3) is 5.04. The van der Waals surface area contributed by atoms with E-state index in [9.17, 15) is 14.0 Å². The number of anilines is 1. The summed E-state index contributed by atoms with van der Waals surface area (Å²) in [6.07, 6.45) is 1.53. The Labute approximate surface area is 175 Å². The number of amides is 1. The molecule has 0 fully saturated rings. The van der Waals surface area contributed by atoms with Crippen molar-refractivity contribution in [2.75, 3.05) is 17.7 Å². The summed E-state index contributed by atoms with van der Waals surface area (Å²) in [6.45, 7) is 5.71. The second kappa shape index (κ2) is 9.23. The molecule has 0 aliphatic rings. The van der Waals surface area contributed by atoms with Crippen molar-refractivity contribution in [3.8, 4) is 11.3 Å². The Morgan fingerprint density at radius 2 is 2.00 bits per heavy atom. The summed E-state index contributed by atoms with van der Waals surface area (Å²) in [7, 11) is 0. The van der Waals surface area contributed by atoms with Crippen LogP contribution in [0.25, 0.3) is 11.3 Å². The fraction of sp³-hybridized carbons (Fsp3) is 0.250. The van der Waals surface area contributed by atoms with Gasteiger partial charge in [-0.3, -0.25) is 4.79 Å². The van der Waals surface area contributed by atoms with Gasteiger partial charge in [-0.15, -0.1) is 11.3 Å². The van der Waals surface area contributed by atoms with Gasteiger partial charge in [0.05, 0.1) is 24.1 Å². The third-order valence-electron chi connectivity index (χ3n) is 4.06. The number of hydrogen-bond donors (Lipinski definition) is 1. The van der Waals surface area contributed by atoms with E-state index in [0.717, 1.165) is 22.2 Å². The Balaban J connectivity index is 1.63. The van der Waals surface area contributed by atoms with Crippen LogP contribution < -0.4 is 5.32 Å². The second-order valence-corrected chi connectivity index (χ2v) is 8.19. The van der Waals surface area contributed by atoms with Crippen molar-refractivity contribution in [2.24, 2.45) is 0 Å². The zero-order chi connectivity index (χ0) is 21.0. The van der Waals surface area contributed by atoms with E-state index in [-0.39, 0.29) is 24.1 Å². The fourth-order valence-corrected chi connectivity index (χ4v) is 4.19. The second-order valence-electron chi connectivity index (χ2n) is 6.04. The Kier molecular flexibility index (Phi) is 6.71. The number of nitrogens with one attached hydrogen (secondary N) is 1. The largest absolute Gasteiger partial charge is 0.462 e. The highest BCUT2D eigenvalue weighted by Crippen LogP contribution is 2.33. The predicted octanol–water partition coefficient (Wildman–Crippen LogP) is 5.07. The van der Waals surface area contributed by atoms with Crippen LogP contribution in [0.2, 0.25) is 0 Å². The quantitative estimate of drug-likeness (QED) is 0.413. The summed E-state index contributed by atoms with van der Waals surface area (Å²) in [5.41, 5.74) is 1.88. The topological polar surface area (TPSA) is 81.4 Å². The maximum Gasteiger partial charge on any atom is 0.341 e. The standard InChI is InChI=1S/C20H19FN2O4S2/c1-4-26-19(25)17-11(2)12(3)29-18(17)23-16(24)10-28-20-22-9-15(27-20)13-5-7-14(21)8-6-13/h5-9H,4,10H2,1-3H3,(H,23,24). The first-order chi connectivity index (χ1) is 13.9. The third-order valence-corrected chi connectivity index (χ3v) is 6.02. The number of carbonyl (C=O) groups is 2. The molecule has 0 radical (unpaired) electrons. The molecule has 3 aromatic rings. The van der Waals surface area contributed by atoms with Crippen LogP contribution in [0.15, 0.2) is 40.1 Å². The fourth-order valence-electron chi connectivity index (χ4n) is 2.53. The van der Waals surface area contributed by atoms with E-state index in [4.69, 9.17) is 9.15 Å². The average Bonchev–Trinajstić information content (AvgIpc) is 3.26. The highest BCUT2D eigenvalue weighted by Gasteiger charge is 2.22. The molecule has 3 rings (SSSR count). The van der Waals surface area contributed by atoms with E-state index < -0.39 is 5.97 Å². The zero-order valence-electron chi connectivity index (χ0n) is 16.1. The van der Waals surface area contributed by atoms with Crippen molar-refractivity contribution in [3.05, 3.63) is 52.3 Å². The van der Waals surface area contributed by atoms with Gasteiger partial charge in [0, 0.05) is 10.4 Å². The molecule has 1 aromatic carbocycles. The van der Waals surface area contributed by atoms with Crippen molar-refractivity contribution in [1.82, 2.24) is 4.98 Å². The van der Waals surface area contributed by atoms with Gasteiger partial charge in [0.15, 0.2) is 5.76 Å². The molecule has 1 amide bonds. The number of thiophene rings is 1. The van der Waals surface area contributed by atoms with Gasteiger partial charge in [-0.2, -0.15) is 0 Å². The number of benzene rings is 1. The summed E-state index contributed by atoms with van der Waals surface area (Å²) in [5.74, 6) is -0.526. The van der Waals surface area contributed by atoms with Gasteiger partial charge in [0.2, 0.25) is 5.91 Å². The Morgan fingerprint density at radius 1 is 1.28 bits per heavy atom. The highest BCUT2D eigenvalue weighted by atomic mass is 32.2. The van der Waals surface area contributed by atoms with Crippen LogP contribution in [0.4, 0.5) is 9.39 Å². The van der Waals surface area contributed by atoms with Crippen molar-refractivity contribution in [3.63, 3.8) is 0 Å². The van der Waals surface area contributed by atoms with Crippen LogP contribution >= 0.6 is 23.1 Å². The van der Waals surface area contributed by atoms with Gasteiger partial charge in [-0.05, 0) is 50.6 Å². The summed E-state index contributed by atoms with van der Waals surface area (Å²) < 4.78 is 23.7. The molecular weight excluding hydrogens is 415 g/mol. The SMILES string of the molecule is CCOC(=O)c1c(NC(=O)CSc2ncc(-c3ccc(F)cc3)o2)sc(C)c1C. The lowest BCUT2D eigenvalue weighted by Gasteiger charge is -2.06. The monoisotopic (exact) mass is 434 g/mol. The lowest BCUT2D eigenvalue weighted by atomic mass is 10.1. The maximum absolute atomic E-state index is 13.0. The lowest BCUT2D eigenvalue weighted by Crippen LogP contribution is -2.16. The summed E-state index contributed by atoms with van der Waals surface area (Å²) in [6, 6.07) is 5.86. The first kappa shape index (κ1) is 21.1. The molecule has 1 N–H and O–H groups in total. The minimum atomic E-state index is -0.450. The lowest BCUT2D eigenvalue weighted by molar-refractivity contribution is -0.113. The van der Waals surface area contributed by atoms with Crippen LogP contribution in [-0.2, 0) is 9.53 Å². The molecule has 0 unspecified atom stereocenters. The van der Waals surface area contributed by atoms with Crippen molar-refractivity contribution >= 4 is 40.0 Å². The van der Waals surface area contributed by atoms with E-state index in [1.54, 1.807) is 19.1 Å². The van der Waals surface area contributed by atoms with Gasteiger partial charge >= 0.3 is 5.97 Å². The van der Waals surface area contributed by atoms with Gasteiger partial charge in [-0.25, -0.2) is 14.2 Å². The van der Waals surface area contributed by atoms with E-state index in [0.29, 0.717) is 27.1 Å². The zero-order valence-corrected chi connectivity index (χ0v) is 17.7. The molecular formula is C20H19FN2O4S2. The summed E-state index contributed by atoms with van der Waals surface area (Å²) >= 11 is 2.46. The number of carbonyl (C=O) groups excluding carboxylic acids is 2. The van der Waals surface area contributed by atoms with Crippen LogP contribution in [0.3, 0.4) is 0 Å². The molecule has 0 aliphatic heterocycles. The van der Waals surface area contributed by atoms with Gasteiger partial charge in [0.1, 0.15) is 10.8 Å². The van der Waals surface area contributed by atoms with Crippen LogP contribution in [0.1, 0.15) is 27.7 Å². The molecule has 0 aliphatic carbocycles. The molecule has 29 heavy (non-hydrogen) atoms. The van der Waals surface area contributed by atoms with Gasteiger partial charge in [0.25, 0.3) is 5.22 Å². The van der Waals surface area contributed by atoms with E-state index in [1.807, 2.05) is 13.8 Å². The molecule has 9 heteroatoms. The molecule has 0 bridgehead atoms. The molecule has 2 heterocycles. The highest BCUT2D eigenvalue weighted by molar-refractivity contribution is 7.99. The van der Waals surface area contributed by atoms with Gasteiger partial charge in [-0.1, -0.05) is 11.8 Å². The van der Waals surface area contributed by atoms with Crippen LogP contribution in [-0.4, -0.2) is 29.2 Å². The molecule has 152 valence electrons. The Bertz CT molecular complexity index is 1030. The number of halogens is 1. The smallest absolute Gasteiger partial charge is 0.341 e. The number of nitrogens with zero attached hydrogens (tertiary/aromatic N) is 1. The van der Waals surface area contributed by atoms with E-state index >= 15 is 0 Å². The number of esters is 1. The first-order valence-corrected chi connectivity index (χ1v) is 10.6. The number of oxazole rings is 1. The van der Waals surface area contributed by atoms with Crippen molar-refractivity contribution < 1.29 is 23.1 Å². The molecule has 0 atom stereocenters. The van der Waals surface area contributed by atoms with Crippen LogP contribution in [0, 0.1) is 19.7 Å². The van der Waals surface area contributed by atoms with E-state index in [2.05, 4.69) is 10.3 Å². The van der Waals surface area contributed by atoms with E-state index in [1.165, 1.54) is 29.7 Å². The molecule has 0 spiro atoms. The summed E-state index contributed by atoms with van der Waals surface area (Å²) in [4.78, 5) is 29.6. The Hall–Kier alpha value is -2.65. The number of hydrogen-bond acceptors (Lipinski definition) is 7. The molecule has 6 nitrogen and oxygen atoms in total. The average molecular weight is 435 g/mol. The minimum absolute atomic E-state index is 0.0572. The van der Waals surface area contributed by atoms with Crippen molar-refractivity contribution in [1.29, 1.82) is 0 Å². The molecule has 0 saturated carbocycles. The number of aromatic nitrogens is 1. The minimum Gasteiger partial charge on any atom is -0.462 e. The maximum atomic E-state index is 13.0. The summed E-state index contributed by atoms with van der Waals surface area (Å²) in [5, 5.41) is 3.57. The predicted molar refractivity (Wildman–Crippen MR) is 111 cm³/mol. The van der Waals surface area contributed by atoms with Crippen molar-refractivity contribution in [2.45, 2.75) is 26.0 Å². The molecule has 2 aromatic heterocycles. The Morgan fingerprint density at radius 3 is 2.69 bits per heavy atom. The number of ether oxygens (including phenoxy) is 1. The number of aryl methyl sites for hydroxylation is 1. The van der Waals surface area contributed by atoms with Gasteiger partial charge < -0.3 is 14.5 Å². The number of rotatable bonds is 7. The normalized spacial score (nSPS) is 10.8. The van der Waals surface area contributed by atoms with Crippen LogP contribution in [0.5, 0.6) is 0 Å². The first-order valence-electron chi connectivity index (χ1n) is 8.80.